The number of hydrogen-bond acceptors (Lipinski definition) is 5. The topological polar surface area (TPSA) is 85.9 Å². The molecule has 0 radical (unpaired) electrons. The second-order valence-electron chi connectivity index (χ2n) is 6.79. The highest BCUT2D eigenvalue weighted by atomic mass is 19.1. The van der Waals surface area contributed by atoms with Gasteiger partial charge < -0.3 is 24.8 Å². The van der Waals surface area contributed by atoms with Crippen molar-refractivity contribution in [2.24, 2.45) is 0 Å². The van der Waals surface area contributed by atoms with Crippen molar-refractivity contribution in [2.75, 3.05) is 26.6 Å². The molecule has 170 valence electrons. The zero-order chi connectivity index (χ0) is 23.8. The van der Waals surface area contributed by atoms with Crippen LogP contribution in [0.15, 0.2) is 72.4 Å². The van der Waals surface area contributed by atoms with Gasteiger partial charge in [-0.1, -0.05) is 24.3 Å². The summed E-state index contributed by atoms with van der Waals surface area (Å²) < 4.78 is 29.3. The van der Waals surface area contributed by atoms with Crippen molar-refractivity contribution >= 4 is 23.6 Å². The largest absolute Gasteiger partial charge is 0.496 e. The van der Waals surface area contributed by atoms with Gasteiger partial charge >= 0.3 is 0 Å². The quantitative estimate of drug-likeness (QED) is 0.501. The summed E-state index contributed by atoms with van der Waals surface area (Å²) in [6.07, 6.45) is 1.48. The van der Waals surface area contributed by atoms with Crippen LogP contribution >= 0.6 is 0 Å². The summed E-state index contributed by atoms with van der Waals surface area (Å²) in [6.45, 7) is 0. The Hall–Kier alpha value is -4.33. The molecule has 0 spiro atoms. The number of benzene rings is 3. The van der Waals surface area contributed by atoms with Crippen LogP contribution in [0.2, 0.25) is 0 Å². The normalized spacial score (nSPS) is 10.8. The van der Waals surface area contributed by atoms with Gasteiger partial charge in [0.25, 0.3) is 11.8 Å². The minimum atomic E-state index is -0.639. The first-order valence-corrected chi connectivity index (χ1v) is 9.90. The van der Waals surface area contributed by atoms with Crippen LogP contribution in [-0.2, 0) is 4.79 Å². The van der Waals surface area contributed by atoms with E-state index in [2.05, 4.69) is 10.6 Å². The van der Waals surface area contributed by atoms with Gasteiger partial charge in [0.05, 0.1) is 21.3 Å². The summed E-state index contributed by atoms with van der Waals surface area (Å²) in [4.78, 5) is 26.0. The molecule has 0 atom stereocenters. The molecule has 3 aromatic carbocycles. The number of para-hydroxylation sites is 1. The summed E-state index contributed by atoms with van der Waals surface area (Å²) in [6, 6.07) is 17.1. The predicted octanol–water partition coefficient (Wildman–Crippen LogP) is 4.26. The molecule has 0 aliphatic rings. The van der Waals surface area contributed by atoms with Crippen molar-refractivity contribution in [2.45, 2.75) is 0 Å². The van der Waals surface area contributed by atoms with E-state index in [9.17, 15) is 14.0 Å². The summed E-state index contributed by atoms with van der Waals surface area (Å²) >= 11 is 0. The first-order valence-electron chi connectivity index (χ1n) is 9.90. The number of anilines is 1. The van der Waals surface area contributed by atoms with Crippen LogP contribution in [0, 0.1) is 5.82 Å². The lowest BCUT2D eigenvalue weighted by atomic mass is 10.1. The number of ether oxygens (including phenoxy) is 3. The van der Waals surface area contributed by atoms with E-state index in [1.165, 1.54) is 57.7 Å². The lowest BCUT2D eigenvalue weighted by Crippen LogP contribution is -2.30. The van der Waals surface area contributed by atoms with Crippen molar-refractivity contribution in [1.29, 1.82) is 0 Å². The Morgan fingerprint density at radius 1 is 0.818 bits per heavy atom. The molecule has 0 saturated carbocycles. The Morgan fingerprint density at radius 3 is 2.24 bits per heavy atom. The lowest BCUT2D eigenvalue weighted by molar-refractivity contribution is -0.113. The number of rotatable bonds is 8. The zero-order valence-electron chi connectivity index (χ0n) is 18.3. The van der Waals surface area contributed by atoms with E-state index in [-0.39, 0.29) is 16.9 Å². The minimum Gasteiger partial charge on any atom is -0.496 e. The second-order valence-corrected chi connectivity index (χ2v) is 6.79. The standard InChI is InChI=1S/C25H23FN2O5/c1-31-21-10-5-4-7-16(21)13-20(25(30)27-19-9-6-8-18(26)15-19)28-24(29)17-11-12-22(32-2)23(14-17)33-3/h4-15H,1-3H3,(H,27,30)(H,28,29). The fraction of sp³-hybridized carbons (Fsp3) is 0.120. The van der Waals surface area contributed by atoms with Crippen LogP contribution in [0.5, 0.6) is 17.2 Å². The fourth-order valence-electron chi connectivity index (χ4n) is 3.04. The van der Waals surface area contributed by atoms with Crippen LogP contribution < -0.4 is 24.8 Å². The first-order chi connectivity index (χ1) is 15.9. The molecule has 2 amide bonds. The average molecular weight is 450 g/mol. The molecule has 0 aliphatic carbocycles. The molecule has 0 fully saturated rings. The van der Waals surface area contributed by atoms with Crippen LogP contribution in [-0.4, -0.2) is 33.1 Å². The van der Waals surface area contributed by atoms with Crippen molar-refractivity contribution in [3.63, 3.8) is 0 Å². The van der Waals surface area contributed by atoms with E-state index in [1.807, 2.05) is 0 Å². The van der Waals surface area contributed by atoms with E-state index in [4.69, 9.17) is 14.2 Å². The van der Waals surface area contributed by atoms with Gasteiger partial charge in [-0.05, 0) is 48.5 Å². The lowest BCUT2D eigenvalue weighted by Gasteiger charge is -2.13. The summed E-state index contributed by atoms with van der Waals surface area (Å²) in [5.41, 5.74) is 0.990. The number of amides is 2. The minimum absolute atomic E-state index is 0.0662. The van der Waals surface area contributed by atoms with Crippen molar-refractivity contribution in [3.8, 4) is 17.2 Å². The van der Waals surface area contributed by atoms with Gasteiger partial charge in [0.1, 0.15) is 17.3 Å². The van der Waals surface area contributed by atoms with E-state index in [0.717, 1.165) is 0 Å². The Morgan fingerprint density at radius 2 is 1.55 bits per heavy atom. The Kier molecular flexibility index (Phi) is 7.64. The number of methoxy groups -OCH3 is 3. The Bertz CT molecular complexity index is 1190. The number of halogens is 1. The van der Waals surface area contributed by atoms with Crippen LogP contribution in [0.4, 0.5) is 10.1 Å². The van der Waals surface area contributed by atoms with Gasteiger partial charge in [0.15, 0.2) is 11.5 Å². The number of nitrogens with one attached hydrogen (secondary N) is 2. The van der Waals surface area contributed by atoms with Gasteiger partial charge in [-0.25, -0.2) is 4.39 Å². The molecule has 2 N–H and O–H groups in total. The molecule has 0 saturated heterocycles. The molecule has 0 bridgehead atoms. The Labute approximate surface area is 190 Å². The average Bonchev–Trinajstić information content (AvgIpc) is 2.83. The van der Waals surface area contributed by atoms with Crippen molar-refractivity contribution in [1.82, 2.24) is 5.32 Å². The maximum absolute atomic E-state index is 13.6. The molecule has 0 unspecified atom stereocenters. The molecule has 3 rings (SSSR count). The molecular formula is C25H23FN2O5. The van der Waals surface area contributed by atoms with Gasteiger partial charge in [-0.2, -0.15) is 0 Å². The molecule has 0 heterocycles. The van der Waals surface area contributed by atoms with E-state index in [1.54, 1.807) is 36.4 Å². The molecule has 33 heavy (non-hydrogen) atoms. The van der Waals surface area contributed by atoms with Crippen LogP contribution in [0.3, 0.4) is 0 Å². The third kappa shape index (κ3) is 5.88. The van der Waals surface area contributed by atoms with Gasteiger partial charge in [0.2, 0.25) is 0 Å². The van der Waals surface area contributed by atoms with Crippen molar-refractivity contribution < 1.29 is 28.2 Å². The molecule has 0 aliphatic heterocycles. The van der Waals surface area contributed by atoms with E-state index in [0.29, 0.717) is 22.8 Å². The van der Waals surface area contributed by atoms with Crippen LogP contribution in [0.25, 0.3) is 6.08 Å². The smallest absolute Gasteiger partial charge is 0.272 e. The number of carbonyl (C=O) groups excluding carboxylic acids is 2. The van der Waals surface area contributed by atoms with Gasteiger partial charge in [0, 0.05) is 16.8 Å². The van der Waals surface area contributed by atoms with E-state index >= 15 is 0 Å². The maximum Gasteiger partial charge on any atom is 0.272 e. The van der Waals surface area contributed by atoms with Crippen LogP contribution in [0.1, 0.15) is 15.9 Å². The SMILES string of the molecule is COc1ccccc1C=C(NC(=O)c1ccc(OC)c(OC)c1)C(=O)Nc1cccc(F)c1. The number of carbonyl (C=O) groups is 2. The summed E-state index contributed by atoms with van der Waals surface area (Å²) in [5, 5.41) is 5.21. The Balaban J connectivity index is 1.95. The highest BCUT2D eigenvalue weighted by molar-refractivity contribution is 6.10. The maximum atomic E-state index is 13.6. The third-order valence-corrected chi connectivity index (χ3v) is 4.66. The highest BCUT2D eigenvalue weighted by Crippen LogP contribution is 2.28. The molecular weight excluding hydrogens is 427 g/mol. The highest BCUT2D eigenvalue weighted by Gasteiger charge is 2.18. The summed E-state index contributed by atoms with van der Waals surface area (Å²) in [7, 11) is 4.45. The predicted molar refractivity (Wildman–Crippen MR) is 123 cm³/mol. The van der Waals surface area contributed by atoms with Crippen molar-refractivity contribution in [3.05, 3.63) is 89.4 Å². The molecule has 3 aromatic rings. The van der Waals surface area contributed by atoms with Gasteiger partial charge in [-0.3, -0.25) is 9.59 Å². The summed E-state index contributed by atoms with van der Waals surface area (Å²) in [5.74, 6) is -0.356. The fourth-order valence-corrected chi connectivity index (χ4v) is 3.04. The zero-order valence-corrected chi connectivity index (χ0v) is 18.3. The first kappa shape index (κ1) is 23.3. The molecule has 8 heteroatoms. The monoisotopic (exact) mass is 450 g/mol. The molecule has 0 aromatic heterocycles. The second kappa shape index (κ2) is 10.8. The number of hydrogen-bond donors (Lipinski definition) is 2. The van der Waals surface area contributed by atoms with Gasteiger partial charge in [-0.15, -0.1) is 0 Å². The third-order valence-electron chi connectivity index (χ3n) is 4.66. The molecule has 7 nitrogen and oxygen atoms in total. The van der Waals surface area contributed by atoms with E-state index < -0.39 is 17.6 Å².